The van der Waals surface area contributed by atoms with E-state index in [1.807, 2.05) is 12.1 Å². The molecule has 324 valence electrons. The van der Waals surface area contributed by atoms with Gasteiger partial charge in [0.15, 0.2) is 0 Å². The summed E-state index contributed by atoms with van der Waals surface area (Å²) in [5.74, 6) is 0. The Balaban J connectivity index is 0.000000123. The number of benzene rings is 8. The smallest absolute Gasteiger partial charge is 0.143 e. The first-order chi connectivity index (χ1) is 31.4. The lowest BCUT2D eigenvalue weighted by atomic mass is 9.79. The van der Waals surface area contributed by atoms with E-state index in [9.17, 15) is 0 Å². The summed E-state index contributed by atoms with van der Waals surface area (Å²) in [4.78, 5) is 0. The van der Waals surface area contributed by atoms with Crippen molar-refractivity contribution in [2.75, 3.05) is 0 Å². The van der Waals surface area contributed by atoms with Crippen molar-refractivity contribution in [2.45, 2.75) is 80.6 Å². The van der Waals surface area contributed by atoms with Crippen LogP contribution in [-0.4, -0.2) is 0 Å². The van der Waals surface area contributed by atoms with Crippen LogP contribution in [0.4, 0.5) is 0 Å². The number of rotatable bonds is 3. The van der Waals surface area contributed by atoms with E-state index in [1.165, 1.54) is 102 Å². The van der Waals surface area contributed by atoms with Crippen LogP contribution in [0, 0.1) is 41.5 Å². The van der Waals surface area contributed by atoms with E-state index in [1.54, 1.807) is 11.1 Å². The molecule has 0 fully saturated rings. The minimum absolute atomic E-state index is 0.202. The molecule has 8 aromatic carbocycles. The number of allylic oxidation sites excluding steroid dienone is 4. The Labute approximate surface area is 387 Å². The van der Waals surface area contributed by atoms with Gasteiger partial charge in [-0.15, -0.1) is 0 Å². The average Bonchev–Trinajstić information content (AvgIpc) is 3.80. The fourth-order valence-electron chi connectivity index (χ4n) is 9.36. The van der Waals surface area contributed by atoms with E-state index in [2.05, 4.69) is 238 Å². The number of fused-ring (bicyclic) bond motifs is 5. The number of hydrogen-bond donors (Lipinski definition) is 0. The number of hydrogen-bond acceptors (Lipinski definition) is 1. The Morgan fingerprint density at radius 3 is 1.63 bits per heavy atom. The molecule has 1 aromatic heterocycles. The molecule has 0 radical (unpaired) electrons. The minimum Gasteiger partial charge on any atom is -0.455 e. The molecule has 0 aliphatic heterocycles. The van der Waals surface area contributed by atoms with Gasteiger partial charge in [-0.1, -0.05) is 218 Å². The predicted molar refractivity (Wildman–Crippen MR) is 281 cm³/mol. The van der Waals surface area contributed by atoms with Crippen LogP contribution in [0.25, 0.3) is 60.9 Å². The standard InChI is InChI=1S/C21H20.C19H14O.C16H18.C8H10/c1-15-8-11-18(12-9-15)19-13-10-17(3)21(14-19)20-7-5-4-6-16(20)2;1-13-9-11-14(12-10-13)15-6-4-7-17-16-5-2-3-8-18(16)20-19(15)17;1-11-8-9-13-12-6-4-5-7-14(12)16(2,3)15(13)10-11;1-7-4-3-5-8(2)6-7/h4-14H,1-3H3;2-12H,1H3;4-7,10H,8-9H2,1-3H3;3-6H,1-2H3. The third kappa shape index (κ3) is 9.91. The molecule has 9 aromatic rings. The van der Waals surface area contributed by atoms with Crippen molar-refractivity contribution in [3.05, 3.63) is 244 Å². The lowest BCUT2D eigenvalue weighted by molar-refractivity contribution is 0.649. The number of para-hydroxylation sites is 2. The van der Waals surface area contributed by atoms with Crippen LogP contribution in [0.1, 0.15) is 78.1 Å². The van der Waals surface area contributed by atoms with Crippen LogP contribution in [0.2, 0.25) is 0 Å². The largest absolute Gasteiger partial charge is 0.455 e. The highest BCUT2D eigenvalue weighted by Gasteiger charge is 2.37. The summed E-state index contributed by atoms with van der Waals surface area (Å²) in [6.07, 6.45) is 4.86. The van der Waals surface area contributed by atoms with Gasteiger partial charge in [0.1, 0.15) is 11.2 Å². The maximum absolute atomic E-state index is 6.07. The first kappa shape index (κ1) is 44.6. The van der Waals surface area contributed by atoms with Crippen LogP contribution in [-0.2, 0) is 5.41 Å². The number of aryl methyl sites for hydroxylation is 6. The highest BCUT2D eigenvalue weighted by atomic mass is 16.3. The van der Waals surface area contributed by atoms with Crippen molar-refractivity contribution in [1.29, 1.82) is 0 Å². The van der Waals surface area contributed by atoms with Gasteiger partial charge in [-0.05, 0) is 135 Å². The van der Waals surface area contributed by atoms with Gasteiger partial charge < -0.3 is 4.42 Å². The summed E-state index contributed by atoms with van der Waals surface area (Å²) in [7, 11) is 0. The summed E-state index contributed by atoms with van der Waals surface area (Å²) in [6, 6.07) is 64.5. The van der Waals surface area contributed by atoms with E-state index < -0.39 is 0 Å². The Morgan fingerprint density at radius 2 is 0.954 bits per heavy atom. The molecule has 0 atom stereocenters. The van der Waals surface area contributed by atoms with Gasteiger partial charge in [-0.25, -0.2) is 0 Å². The lowest BCUT2D eigenvalue weighted by Gasteiger charge is -2.24. The Kier molecular flexibility index (Phi) is 13.3. The summed E-state index contributed by atoms with van der Waals surface area (Å²) in [5.41, 5.74) is 25.2. The molecule has 2 aliphatic rings. The summed E-state index contributed by atoms with van der Waals surface area (Å²) in [5, 5.41) is 2.36. The monoisotopic (exact) mass is 846 g/mol. The van der Waals surface area contributed by atoms with E-state index in [4.69, 9.17) is 4.42 Å². The van der Waals surface area contributed by atoms with Crippen molar-refractivity contribution >= 4 is 27.5 Å². The molecule has 0 saturated carbocycles. The molecule has 0 saturated heterocycles. The third-order valence-electron chi connectivity index (χ3n) is 13.1. The third-order valence-corrected chi connectivity index (χ3v) is 13.1. The van der Waals surface area contributed by atoms with E-state index in [0.717, 1.165) is 16.7 Å². The summed E-state index contributed by atoms with van der Waals surface area (Å²) >= 11 is 0. The van der Waals surface area contributed by atoms with Gasteiger partial charge in [0, 0.05) is 21.8 Å². The average molecular weight is 847 g/mol. The Hall–Kier alpha value is -6.96. The molecule has 2 aliphatic carbocycles. The van der Waals surface area contributed by atoms with Gasteiger partial charge in [-0.3, -0.25) is 0 Å². The molecule has 1 heteroatoms. The normalized spacial score (nSPS) is 13.3. The Morgan fingerprint density at radius 1 is 0.400 bits per heavy atom. The summed E-state index contributed by atoms with van der Waals surface area (Å²) in [6.45, 7) is 19.7. The molecule has 0 N–H and O–H groups in total. The minimum atomic E-state index is 0.202. The second-order valence-electron chi connectivity index (χ2n) is 18.6. The fourth-order valence-corrected chi connectivity index (χ4v) is 9.36. The van der Waals surface area contributed by atoms with Crippen LogP contribution in [0.3, 0.4) is 0 Å². The van der Waals surface area contributed by atoms with E-state index in [0.29, 0.717) is 0 Å². The molecule has 0 unspecified atom stereocenters. The molecule has 0 amide bonds. The van der Waals surface area contributed by atoms with E-state index in [-0.39, 0.29) is 5.41 Å². The molecule has 0 spiro atoms. The second kappa shape index (κ2) is 19.4. The molecular weight excluding hydrogens is 785 g/mol. The van der Waals surface area contributed by atoms with Gasteiger partial charge in [0.25, 0.3) is 0 Å². The van der Waals surface area contributed by atoms with Crippen molar-refractivity contribution < 1.29 is 4.42 Å². The molecule has 1 nitrogen and oxygen atoms in total. The van der Waals surface area contributed by atoms with Gasteiger partial charge in [0.2, 0.25) is 0 Å². The maximum Gasteiger partial charge on any atom is 0.143 e. The first-order valence-electron chi connectivity index (χ1n) is 23.1. The summed E-state index contributed by atoms with van der Waals surface area (Å²) < 4.78 is 6.07. The van der Waals surface area contributed by atoms with Crippen LogP contribution >= 0.6 is 0 Å². The zero-order chi connectivity index (χ0) is 45.7. The van der Waals surface area contributed by atoms with Crippen LogP contribution < -0.4 is 0 Å². The van der Waals surface area contributed by atoms with Gasteiger partial charge in [0.05, 0.1) is 0 Å². The fraction of sp³-hybridized carbons (Fsp3) is 0.188. The molecule has 65 heavy (non-hydrogen) atoms. The zero-order valence-corrected chi connectivity index (χ0v) is 39.7. The van der Waals surface area contributed by atoms with Crippen molar-refractivity contribution in [3.8, 4) is 33.4 Å². The molecule has 1 heterocycles. The quantitative estimate of drug-likeness (QED) is 0.173. The molecular formula is C64H62O. The van der Waals surface area contributed by atoms with Crippen molar-refractivity contribution in [3.63, 3.8) is 0 Å². The maximum atomic E-state index is 6.07. The van der Waals surface area contributed by atoms with Crippen LogP contribution in [0.15, 0.2) is 204 Å². The Bertz CT molecular complexity index is 3150. The zero-order valence-electron chi connectivity index (χ0n) is 39.7. The molecule has 0 bridgehead atoms. The SMILES string of the molecule is CC1=CC2=C(CC1)c1ccccc1C2(C)C.Cc1ccc(-c2ccc(C)c(-c3ccccc3C)c2)cc1.Cc1ccc(-c2cccc3c2oc2ccccc23)cc1.Cc1cccc(C)c1. The topological polar surface area (TPSA) is 13.1 Å². The van der Waals surface area contributed by atoms with Crippen LogP contribution in [0.5, 0.6) is 0 Å². The highest BCUT2D eigenvalue weighted by molar-refractivity contribution is 6.09. The van der Waals surface area contributed by atoms with Crippen molar-refractivity contribution in [2.24, 2.45) is 0 Å². The van der Waals surface area contributed by atoms with Gasteiger partial charge in [-0.2, -0.15) is 0 Å². The van der Waals surface area contributed by atoms with E-state index >= 15 is 0 Å². The van der Waals surface area contributed by atoms with Gasteiger partial charge >= 0.3 is 0 Å². The second-order valence-corrected chi connectivity index (χ2v) is 18.6. The first-order valence-corrected chi connectivity index (χ1v) is 23.1. The number of furan rings is 1. The highest BCUT2D eigenvalue weighted by Crippen LogP contribution is 2.50. The lowest BCUT2D eigenvalue weighted by Crippen LogP contribution is -2.16. The molecule has 11 rings (SSSR count). The predicted octanol–water partition coefficient (Wildman–Crippen LogP) is 18.3. The van der Waals surface area contributed by atoms with Crippen molar-refractivity contribution in [1.82, 2.24) is 0 Å².